The van der Waals surface area contributed by atoms with Crippen LogP contribution in [0.1, 0.15) is 42.5 Å². The van der Waals surface area contributed by atoms with Crippen LogP contribution >= 0.6 is 11.6 Å². The first-order chi connectivity index (χ1) is 15.9. The zero-order valence-corrected chi connectivity index (χ0v) is 19.8. The van der Waals surface area contributed by atoms with Gasteiger partial charge in [-0.3, -0.25) is 9.59 Å². The third-order valence-electron chi connectivity index (χ3n) is 6.18. The Balaban J connectivity index is 1.42. The van der Waals surface area contributed by atoms with E-state index in [2.05, 4.69) is 10.3 Å². The molecule has 0 saturated carbocycles. The van der Waals surface area contributed by atoms with Crippen molar-refractivity contribution in [3.8, 4) is 0 Å². The van der Waals surface area contributed by atoms with Crippen LogP contribution in [-0.4, -0.2) is 60.6 Å². The molecule has 10 heteroatoms. The minimum Gasteiger partial charge on any atom is -0.339 e. The summed E-state index contributed by atoms with van der Waals surface area (Å²) in [5.41, 5.74) is 0.191. The lowest BCUT2D eigenvalue weighted by Gasteiger charge is -2.32. The minimum atomic E-state index is -3.73. The minimum absolute atomic E-state index is 0.0607. The van der Waals surface area contributed by atoms with Gasteiger partial charge in [0.05, 0.1) is 15.5 Å². The molecule has 2 aliphatic rings. The van der Waals surface area contributed by atoms with E-state index in [4.69, 9.17) is 11.6 Å². The molecule has 2 saturated heterocycles. The van der Waals surface area contributed by atoms with Gasteiger partial charge in [-0.25, -0.2) is 13.4 Å². The molecule has 8 nitrogen and oxygen atoms in total. The van der Waals surface area contributed by atoms with Crippen molar-refractivity contribution in [2.24, 2.45) is 5.92 Å². The number of sulfonamides is 1. The number of carbonyl (C=O) groups excluding carboxylic acids is 2. The highest BCUT2D eigenvalue weighted by atomic mass is 35.5. The fourth-order valence-electron chi connectivity index (χ4n) is 4.31. The van der Waals surface area contributed by atoms with E-state index in [1.165, 1.54) is 16.6 Å². The molecule has 176 valence electrons. The van der Waals surface area contributed by atoms with Crippen molar-refractivity contribution in [1.82, 2.24) is 14.2 Å². The number of hydrogen-bond donors (Lipinski definition) is 1. The first-order valence-electron chi connectivity index (χ1n) is 11.2. The van der Waals surface area contributed by atoms with Crippen LogP contribution in [0.2, 0.25) is 5.02 Å². The van der Waals surface area contributed by atoms with Crippen molar-refractivity contribution < 1.29 is 18.0 Å². The maximum absolute atomic E-state index is 13.3. The molecule has 0 atom stereocenters. The average molecular weight is 491 g/mol. The highest BCUT2D eigenvalue weighted by Crippen LogP contribution is 2.27. The van der Waals surface area contributed by atoms with E-state index in [0.717, 1.165) is 19.3 Å². The molecule has 0 spiro atoms. The van der Waals surface area contributed by atoms with Crippen LogP contribution in [0.3, 0.4) is 0 Å². The van der Waals surface area contributed by atoms with Gasteiger partial charge >= 0.3 is 0 Å². The summed E-state index contributed by atoms with van der Waals surface area (Å²) in [5.74, 6) is -0.284. The zero-order valence-electron chi connectivity index (χ0n) is 18.2. The number of halogens is 1. The summed E-state index contributed by atoms with van der Waals surface area (Å²) < 4.78 is 27.9. The number of benzene rings is 1. The number of anilines is 1. The number of aromatic nitrogens is 1. The Morgan fingerprint density at radius 2 is 1.67 bits per heavy atom. The van der Waals surface area contributed by atoms with Crippen molar-refractivity contribution in [2.45, 2.75) is 37.0 Å². The number of carbonyl (C=O) groups is 2. The van der Waals surface area contributed by atoms with Crippen LogP contribution in [-0.2, 0) is 14.8 Å². The lowest BCUT2D eigenvalue weighted by Crippen LogP contribution is -2.42. The molecule has 1 N–H and O–H groups in total. The molecule has 4 rings (SSSR count). The van der Waals surface area contributed by atoms with Crippen LogP contribution in [0.15, 0.2) is 47.5 Å². The number of rotatable bonds is 5. The summed E-state index contributed by atoms with van der Waals surface area (Å²) in [4.78, 5) is 31.6. The number of nitrogens with zero attached hydrogens (tertiary/aromatic N) is 3. The van der Waals surface area contributed by atoms with Crippen molar-refractivity contribution in [3.05, 3.63) is 53.2 Å². The van der Waals surface area contributed by atoms with Gasteiger partial charge in [-0.1, -0.05) is 30.2 Å². The topological polar surface area (TPSA) is 99.7 Å². The van der Waals surface area contributed by atoms with Gasteiger partial charge in [-0.05, 0) is 49.9 Å². The van der Waals surface area contributed by atoms with Crippen molar-refractivity contribution in [1.29, 1.82) is 0 Å². The van der Waals surface area contributed by atoms with E-state index in [0.29, 0.717) is 49.9 Å². The van der Waals surface area contributed by atoms with Crippen LogP contribution in [0.4, 0.5) is 5.82 Å². The zero-order chi connectivity index (χ0) is 23.4. The molecule has 0 bridgehead atoms. The summed E-state index contributed by atoms with van der Waals surface area (Å²) in [6.45, 7) is 1.72. The first-order valence-corrected chi connectivity index (χ1v) is 13.0. The summed E-state index contributed by atoms with van der Waals surface area (Å²) >= 11 is 5.82. The van der Waals surface area contributed by atoms with Gasteiger partial charge in [0.1, 0.15) is 5.82 Å². The number of piperidine rings is 2. The van der Waals surface area contributed by atoms with E-state index < -0.39 is 10.0 Å². The highest BCUT2D eigenvalue weighted by molar-refractivity contribution is 7.89. The van der Waals surface area contributed by atoms with Crippen LogP contribution in [0, 0.1) is 5.92 Å². The summed E-state index contributed by atoms with van der Waals surface area (Å²) in [5, 5.41) is 3.27. The Hall–Kier alpha value is -2.49. The quantitative estimate of drug-likeness (QED) is 0.692. The number of likely N-dealkylation sites (tertiary alicyclic amines) is 1. The van der Waals surface area contributed by atoms with E-state index >= 15 is 0 Å². The summed E-state index contributed by atoms with van der Waals surface area (Å²) in [6, 6.07) is 9.71. The second-order valence-corrected chi connectivity index (χ2v) is 10.7. The standard InChI is InChI=1S/C23H27ClN4O4S/c24-18-8-9-21(25-16-18)26-22(29)17-10-14-27(15-11-17)23(30)19-6-2-3-7-20(19)33(31,32)28-12-4-1-5-13-28/h2-3,6-9,16-17H,1,4-5,10-15H2,(H,25,26,29). The van der Waals surface area contributed by atoms with E-state index in [-0.39, 0.29) is 28.2 Å². The highest BCUT2D eigenvalue weighted by Gasteiger charge is 2.33. The molecular weight excluding hydrogens is 464 g/mol. The van der Waals surface area contributed by atoms with Gasteiger partial charge < -0.3 is 10.2 Å². The Bertz CT molecular complexity index is 1110. The predicted molar refractivity (Wildman–Crippen MR) is 126 cm³/mol. The van der Waals surface area contributed by atoms with Crippen molar-refractivity contribution in [3.63, 3.8) is 0 Å². The number of hydrogen-bond acceptors (Lipinski definition) is 5. The molecule has 0 unspecified atom stereocenters. The molecule has 1 aromatic heterocycles. The van der Waals surface area contributed by atoms with Gasteiger partial charge in [0, 0.05) is 38.3 Å². The van der Waals surface area contributed by atoms with Crippen LogP contribution in [0.5, 0.6) is 0 Å². The lowest BCUT2D eigenvalue weighted by atomic mass is 9.95. The Labute approximate surface area is 199 Å². The van der Waals surface area contributed by atoms with E-state index in [1.807, 2.05) is 0 Å². The smallest absolute Gasteiger partial charge is 0.255 e. The first kappa shape index (κ1) is 23.7. The fraction of sp³-hybridized carbons (Fsp3) is 0.435. The molecule has 2 aliphatic heterocycles. The van der Waals surface area contributed by atoms with Crippen molar-refractivity contribution >= 4 is 39.3 Å². The van der Waals surface area contributed by atoms with E-state index in [1.54, 1.807) is 35.2 Å². The lowest BCUT2D eigenvalue weighted by molar-refractivity contribution is -0.121. The molecular formula is C23H27ClN4O4S. The number of nitrogens with one attached hydrogen (secondary N) is 1. The number of amides is 2. The average Bonchev–Trinajstić information content (AvgIpc) is 2.85. The monoisotopic (exact) mass is 490 g/mol. The van der Waals surface area contributed by atoms with Gasteiger partial charge in [0.25, 0.3) is 5.91 Å². The second kappa shape index (κ2) is 10.2. The molecule has 0 radical (unpaired) electrons. The van der Waals surface area contributed by atoms with Gasteiger partial charge in [0.2, 0.25) is 15.9 Å². The summed E-state index contributed by atoms with van der Waals surface area (Å²) in [7, 11) is -3.73. The molecule has 3 heterocycles. The predicted octanol–water partition coefficient (Wildman–Crippen LogP) is 3.40. The molecule has 1 aromatic carbocycles. The molecule has 2 fully saturated rings. The Morgan fingerprint density at radius 3 is 2.33 bits per heavy atom. The Morgan fingerprint density at radius 1 is 0.970 bits per heavy atom. The van der Waals surface area contributed by atoms with Gasteiger partial charge in [-0.2, -0.15) is 4.31 Å². The third kappa shape index (κ3) is 5.37. The van der Waals surface area contributed by atoms with Crippen molar-refractivity contribution in [2.75, 3.05) is 31.5 Å². The molecule has 2 aromatic rings. The third-order valence-corrected chi connectivity index (χ3v) is 8.36. The van der Waals surface area contributed by atoms with E-state index in [9.17, 15) is 18.0 Å². The SMILES string of the molecule is O=C(Nc1ccc(Cl)cn1)C1CCN(C(=O)c2ccccc2S(=O)(=O)N2CCCCC2)CC1. The Kier molecular flexibility index (Phi) is 7.31. The number of pyridine rings is 1. The van der Waals surface area contributed by atoms with Gasteiger partial charge in [-0.15, -0.1) is 0 Å². The maximum Gasteiger partial charge on any atom is 0.255 e. The molecule has 2 amide bonds. The fourth-order valence-corrected chi connectivity index (χ4v) is 6.12. The largest absolute Gasteiger partial charge is 0.339 e. The molecule has 33 heavy (non-hydrogen) atoms. The summed E-state index contributed by atoms with van der Waals surface area (Å²) in [6.07, 6.45) is 5.13. The maximum atomic E-state index is 13.3. The molecule has 0 aliphatic carbocycles. The van der Waals surface area contributed by atoms with Crippen LogP contribution in [0.25, 0.3) is 0 Å². The van der Waals surface area contributed by atoms with Gasteiger partial charge in [0.15, 0.2) is 0 Å². The van der Waals surface area contributed by atoms with Crippen LogP contribution < -0.4 is 5.32 Å². The normalized spacial score (nSPS) is 18.2. The second-order valence-electron chi connectivity index (χ2n) is 8.38.